The highest BCUT2D eigenvalue weighted by Crippen LogP contribution is 2.29. The van der Waals surface area contributed by atoms with Crippen molar-refractivity contribution in [3.8, 4) is 11.3 Å². The van der Waals surface area contributed by atoms with Crippen LogP contribution in [-0.4, -0.2) is 23.5 Å². The molecule has 0 radical (unpaired) electrons. The van der Waals surface area contributed by atoms with Gasteiger partial charge in [0.2, 0.25) is 5.90 Å². The van der Waals surface area contributed by atoms with Gasteiger partial charge in [0.25, 0.3) is 0 Å². The molecule has 0 aliphatic carbocycles. The molecule has 3 nitrogen and oxygen atoms in total. The van der Waals surface area contributed by atoms with Gasteiger partial charge in [0.05, 0.1) is 11.7 Å². The first-order valence-electron chi connectivity index (χ1n) is 8.68. The highest BCUT2D eigenvalue weighted by Gasteiger charge is 2.31. The molecule has 1 atom stereocenters. The van der Waals surface area contributed by atoms with Crippen LogP contribution in [0.5, 0.6) is 0 Å². The van der Waals surface area contributed by atoms with Crippen molar-refractivity contribution in [1.29, 1.82) is 0 Å². The number of aromatic nitrogens is 1. The van der Waals surface area contributed by atoms with Crippen LogP contribution in [0.25, 0.3) is 22.0 Å². The zero-order valence-electron chi connectivity index (χ0n) is 14.9. The lowest BCUT2D eigenvalue weighted by molar-refractivity contribution is 0.235. The Morgan fingerprint density at radius 2 is 1.60 bits per heavy atom. The third-order valence-corrected chi connectivity index (χ3v) is 4.68. The molecule has 3 aromatic rings. The molecule has 0 saturated carbocycles. The van der Waals surface area contributed by atoms with Crippen LogP contribution in [0.1, 0.15) is 26.5 Å². The van der Waals surface area contributed by atoms with Crippen LogP contribution in [-0.2, 0) is 4.74 Å². The Morgan fingerprint density at radius 1 is 0.880 bits per heavy atom. The number of hydrogen-bond acceptors (Lipinski definition) is 3. The van der Waals surface area contributed by atoms with Gasteiger partial charge in [-0.1, -0.05) is 69.3 Å². The summed E-state index contributed by atoms with van der Waals surface area (Å²) >= 11 is 0. The van der Waals surface area contributed by atoms with Crippen LogP contribution in [0, 0.1) is 5.41 Å². The predicted octanol–water partition coefficient (Wildman–Crippen LogP) is 5.09. The summed E-state index contributed by atoms with van der Waals surface area (Å²) in [4.78, 5) is 9.59. The van der Waals surface area contributed by atoms with E-state index in [1.54, 1.807) is 0 Å². The molecule has 0 fully saturated rings. The Bertz CT molecular complexity index is 948. The molecule has 4 rings (SSSR count). The number of aliphatic imine (C=N–C) groups is 1. The molecule has 0 N–H and O–H groups in total. The van der Waals surface area contributed by atoms with E-state index in [2.05, 4.69) is 63.2 Å². The zero-order chi connectivity index (χ0) is 17.4. The summed E-state index contributed by atoms with van der Waals surface area (Å²) in [7, 11) is 0. The largest absolute Gasteiger partial charge is 0.474 e. The lowest BCUT2D eigenvalue weighted by Crippen LogP contribution is -2.25. The number of hydrogen-bond donors (Lipinski definition) is 0. The third-order valence-electron chi connectivity index (χ3n) is 4.68. The van der Waals surface area contributed by atoms with Crippen molar-refractivity contribution in [2.24, 2.45) is 10.4 Å². The average molecular weight is 330 g/mol. The third kappa shape index (κ3) is 3.02. The second-order valence-electron chi connectivity index (χ2n) is 7.56. The highest BCUT2D eigenvalue weighted by atomic mass is 16.5. The van der Waals surface area contributed by atoms with Crippen molar-refractivity contribution >= 4 is 16.7 Å². The fourth-order valence-corrected chi connectivity index (χ4v) is 3.11. The van der Waals surface area contributed by atoms with Crippen molar-refractivity contribution < 1.29 is 4.74 Å². The summed E-state index contributed by atoms with van der Waals surface area (Å²) in [6, 6.07) is 20.9. The predicted molar refractivity (Wildman–Crippen MR) is 103 cm³/mol. The van der Waals surface area contributed by atoms with Crippen LogP contribution in [0.2, 0.25) is 0 Å². The Kier molecular flexibility index (Phi) is 3.79. The number of ether oxygens (including phenoxy) is 1. The van der Waals surface area contributed by atoms with Gasteiger partial charge in [0.15, 0.2) is 0 Å². The van der Waals surface area contributed by atoms with E-state index >= 15 is 0 Å². The Hall–Kier alpha value is -2.68. The molecule has 0 spiro atoms. The van der Waals surface area contributed by atoms with E-state index in [4.69, 9.17) is 14.7 Å². The molecule has 0 saturated heterocycles. The quantitative estimate of drug-likeness (QED) is 0.655. The normalized spacial score (nSPS) is 17.4. The van der Waals surface area contributed by atoms with Gasteiger partial charge in [0, 0.05) is 5.56 Å². The number of fused-ring (bicyclic) bond motifs is 1. The maximum Gasteiger partial charge on any atom is 0.235 e. The first-order chi connectivity index (χ1) is 12.0. The van der Waals surface area contributed by atoms with Crippen molar-refractivity contribution in [1.82, 2.24) is 4.98 Å². The van der Waals surface area contributed by atoms with Gasteiger partial charge < -0.3 is 4.74 Å². The number of rotatable bonds is 2. The molecule has 126 valence electrons. The van der Waals surface area contributed by atoms with Crippen molar-refractivity contribution in [3.05, 3.63) is 66.4 Å². The molecule has 3 heteroatoms. The standard InChI is InChI=1S/C22H22N2O/c1-22(2,3)20-14-25-21(24-20)19-13-7-12-18(23-19)17-11-6-9-15-8-4-5-10-16(15)17/h4-13,20H,14H2,1-3H3. The molecular formula is C22H22N2O. The zero-order valence-corrected chi connectivity index (χ0v) is 14.9. The van der Waals surface area contributed by atoms with Crippen molar-refractivity contribution in [2.45, 2.75) is 26.8 Å². The smallest absolute Gasteiger partial charge is 0.235 e. The van der Waals surface area contributed by atoms with Crippen molar-refractivity contribution in [3.63, 3.8) is 0 Å². The summed E-state index contributed by atoms with van der Waals surface area (Å²) in [5.74, 6) is 0.655. The van der Waals surface area contributed by atoms with Gasteiger partial charge in [-0.15, -0.1) is 0 Å². The molecule has 1 aromatic heterocycles. The second-order valence-corrected chi connectivity index (χ2v) is 7.56. The van der Waals surface area contributed by atoms with Gasteiger partial charge in [-0.3, -0.25) is 0 Å². The first-order valence-corrected chi connectivity index (χ1v) is 8.68. The number of pyridine rings is 1. The van der Waals surface area contributed by atoms with Crippen LogP contribution < -0.4 is 0 Å². The molecule has 2 heterocycles. The lowest BCUT2D eigenvalue weighted by Gasteiger charge is -2.21. The highest BCUT2D eigenvalue weighted by molar-refractivity contribution is 5.97. The van der Waals surface area contributed by atoms with E-state index in [0.717, 1.165) is 17.0 Å². The lowest BCUT2D eigenvalue weighted by atomic mass is 9.88. The Balaban J connectivity index is 1.76. The monoisotopic (exact) mass is 330 g/mol. The van der Waals surface area contributed by atoms with Gasteiger partial charge in [0.1, 0.15) is 12.3 Å². The van der Waals surface area contributed by atoms with Gasteiger partial charge in [-0.05, 0) is 28.3 Å². The molecule has 1 aliphatic rings. The molecule has 0 amide bonds. The first kappa shape index (κ1) is 15.8. The van der Waals surface area contributed by atoms with Gasteiger partial charge in [-0.2, -0.15) is 0 Å². The van der Waals surface area contributed by atoms with Crippen LogP contribution in [0.15, 0.2) is 65.7 Å². The van der Waals surface area contributed by atoms with Gasteiger partial charge >= 0.3 is 0 Å². The SMILES string of the molecule is CC(C)(C)C1COC(c2cccc(-c3cccc4ccccc34)n2)=N1. The summed E-state index contributed by atoms with van der Waals surface area (Å²) in [5.41, 5.74) is 2.97. The topological polar surface area (TPSA) is 34.5 Å². The van der Waals surface area contributed by atoms with Crippen LogP contribution >= 0.6 is 0 Å². The molecule has 0 bridgehead atoms. The van der Waals surface area contributed by atoms with E-state index in [9.17, 15) is 0 Å². The summed E-state index contributed by atoms with van der Waals surface area (Å²) < 4.78 is 5.84. The molecule has 25 heavy (non-hydrogen) atoms. The summed E-state index contributed by atoms with van der Waals surface area (Å²) in [6.45, 7) is 7.19. The van der Waals surface area contributed by atoms with E-state index in [0.29, 0.717) is 12.5 Å². The minimum absolute atomic E-state index is 0.0923. The molecule has 1 aliphatic heterocycles. The van der Waals surface area contributed by atoms with Crippen molar-refractivity contribution in [2.75, 3.05) is 6.61 Å². The van der Waals surface area contributed by atoms with Crippen LogP contribution in [0.3, 0.4) is 0 Å². The second kappa shape index (κ2) is 5.99. The Labute approximate surface area is 148 Å². The fraction of sp³-hybridized carbons (Fsp3) is 0.273. The Morgan fingerprint density at radius 3 is 2.40 bits per heavy atom. The van der Waals surface area contributed by atoms with E-state index < -0.39 is 0 Å². The maximum atomic E-state index is 5.84. The van der Waals surface area contributed by atoms with E-state index in [-0.39, 0.29) is 11.5 Å². The molecule has 2 aromatic carbocycles. The number of nitrogens with zero attached hydrogens (tertiary/aromatic N) is 2. The molecular weight excluding hydrogens is 308 g/mol. The average Bonchev–Trinajstić information content (AvgIpc) is 3.12. The van der Waals surface area contributed by atoms with E-state index in [1.807, 2.05) is 18.2 Å². The molecule has 1 unspecified atom stereocenters. The minimum Gasteiger partial charge on any atom is -0.474 e. The fourth-order valence-electron chi connectivity index (χ4n) is 3.11. The van der Waals surface area contributed by atoms with Gasteiger partial charge in [-0.25, -0.2) is 9.98 Å². The van der Waals surface area contributed by atoms with E-state index in [1.165, 1.54) is 10.8 Å². The maximum absolute atomic E-state index is 5.84. The van der Waals surface area contributed by atoms with Crippen LogP contribution in [0.4, 0.5) is 0 Å². The summed E-state index contributed by atoms with van der Waals surface area (Å²) in [6.07, 6.45) is 0. The number of benzene rings is 2. The minimum atomic E-state index is 0.0923. The summed E-state index contributed by atoms with van der Waals surface area (Å²) in [5, 5.41) is 2.42.